The molecular weight excluding hydrogens is 272 g/mol. The van der Waals surface area contributed by atoms with Crippen molar-refractivity contribution in [1.82, 2.24) is 9.78 Å². The predicted octanol–water partition coefficient (Wildman–Crippen LogP) is 2.89. The summed E-state index contributed by atoms with van der Waals surface area (Å²) < 4.78 is 1.60. The topological polar surface area (TPSA) is 93.2 Å². The van der Waals surface area contributed by atoms with E-state index in [1.807, 2.05) is 27.7 Å². The van der Waals surface area contributed by atoms with Gasteiger partial charge in [0.05, 0.1) is 10.5 Å². The second kappa shape index (κ2) is 6.43. The lowest BCUT2D eigenvalue weighted by atomic mass is 9.94. The van der Waals surface area contributed by atoms with Crippen molar-refractivity contribution < 1.29 is 10.0 Å². The number of anilines is 1. The fourth-order valence-corrected chi connectivity index (χ4v) is 2.52. The minimum atomic E-state index is -0.929. The third-order valence-electron chi connectivity index (χ3n) is 3.21. The van der Waals surface area contributed by atoms with E-state index in [4.69, 9.17) is 0 Å². The highest BCUT2D eigenvalue weighted by Gasteiger charge is 2.29. The van der Waals surface area contributed by atoms with Crippen LogP contribution in [0.5, 0.6) is 0 Å². The molecule has 21 heavy (non-hydrogen) atoms. The summed E-state index contributed by atoms with van der Waals surface area (Å²) in [7, 11) is 0. The van der Waals surface area contributed by atoms with Crippen molar-refractivity contribution in [2.45, 2.75) is 59.6 Å². The highest BCUT2D eigenvalue weighted by atomic mass is 16.6. The Kier molecular flexibility index (Phi) is 5.33. The molecule has 0 aliphatic carbocycles. The zero-order valence-corrected chi connectivity index (χ0v) is 13.7. The lowest BCUT2D eigenvalue weighted by Crippen LogP contribution is -2.35. The van der Waals surface area contributed by atoms with Crippen LogP contribution in [-0.4, -0.2) is 32.0 Å². The summed E-state index contributed by atoms with van der Waals surface area (Å²) in [5, 5.41) is 28.8. The van der Waals surface area contributed by atoms with Crippen molar-refractivity contribution in [1.29, 1.82) is 0 Å². The van der Waals surface area contributed by atoms with E-state index < -0.39 is 10.5 Å². The van der Waals surface area contributed by atoms with Gasteiger partial charge in [0.1, 0.15) is 5.69 Å². The molecule has 1 rings (SSSR count). The van der Waals surface area contributed by atoms with Gasteiger partial charge in [-0.15, -0.1) is 0 Å². The SMILES string of the molecule is Cc1nn(C(C)C)c(NCC(C)(O)CC(C)C)c1[N+](=O)[O-]. The molecule has 7 heteroatoms. The van der Waals surface area contributed by atoms with Crippen molar-refractivity contribution in [3.8, 4) is 0 Å². The Hall–Kier alpha value is -1.63. The Morgan fingerprint density at radius 1 is 1.43 bits per heavy atom. The number of hydrogen-bond donors (Lipinski definition) is 2. The lowest BCUT2D eigenvalue weighted by molar-refractivity contribution is -0.384. The van der Waals surface area contributed by atoms with Crippen LogP contribution >= 0.6 is 0 Å². The van der Waals surface area contributed by atoms with Crippen LogP contribution in [0, 0.1) is 23.0 Å². The molecule has 1 atom stereocenters. The van der Waals surface area contributed by atoms with E-state index in [-0.39, 0.29) is 18.3 Å². The Morgan fingerprint density at radius 2 is 2.00 bits per heavy atom. The van der Waals surface area contributed by atoms with E-state index in [0.717, 1.165) is 0 Å². The van der Waals surface area contributed by atoms with Crippen LogP contribution in [0.3, 0.4) is 0 Å². The molecule has 1 aromatic heterocycles. The maximum absolute atomic E-state index is 11.2. The van der Waals surface area contributed by atoms with Crippen LogP contribution in [0.1, 0.15) is 52.8 Å². The van der Waals surface area contributed by atoms with E-state index in [0.29, 0.717) is 23.9 Å². The van der Waals surface area contributed by atoms with Gasteiger partial charge in [0.15, 0.2) is 0 Å². The summed E-state index contributed by atoms with van der Waals surface area (Å²) in [6.45, 7) is 11.5. The highest BCUT2D eigenvalue weighted by Crippen LogP contribution is 2.31. The highest BCUT2D eigenvalue weighted by molar-refractivity contribution is 5.59. The molecule has 1 heterocycles. The predicted molar refractivity (Wildman–Crippen MR) is 82.6 cm³/mol. The first kappa shape index (κ1) is 17.4. The molecule has 0 aliphatic rings. The van der Waals surface area contributed by atoms with Crippen LogP contribution in [0.25, 0.3) is 0 Å². The molecule has 0 fully saturated rings. The maximum Gasteiger partial charge on any atom is 0.333 e. The van der Waals surface area contributed by atoms with Gasteiger partial charge in [-0.1, -0.05) is 13.8 Å². The van der Waals surface area contributed by atoms with Gasteiger partial charge in [0, 0.05) is 12.6 Å². The van der Waals surface area contributed by atoms with Gasteiger partial charge >= 0.3 is 5.69 Å². The minimum Gasteiger partial charge on any atom is -0.388 e. The molecular formula is C14H26N4O3. The summed E-state index contributed by atoms with van der Waals surface area (Å²) in [5.41, 5.74) is -0.578. The Morgan fingerprint density at radius 3 is 2.43 bits per heavy atom. The molecule has 0 radical (unpaired) electrons. The molecule has 0 amide bonds. The number of nitro groups is 1. The van der Waals surface area contributed by atoms with Crippen molar-refractivity contribution in [2.24, 2.45) is 5.92 Å². The molecule has 1 unspecified atom stereocenters. The number of nitrogens with zero attached hydrogens (tertiary/aromatic N) is 3. The first-order valence-corrected chi connectivity index (χ1v) is 7.25. The third kappa shape index (κ3) is 4.42. The molecule has 0 bridgehead atoms. The summed E-state index contributed by atoms with van der Waals surface area (Å²) in [6, 6.07) is -0.00468. The van der Waals surface area contributed by atoms with Gasteiger partial charge in [-0.2, -0.15) is 5.10 Å². The van der Waals surface area contributed by atoms with E-state index >= 15 is 0 Å². The number of aromatic nitrogens is 2. The minimum absolute atomic E-state index is 0.00468. The molecule has 7 nitrogen and oxygen atoms in total. The van der Waals surface area contributed by atoms with Crippen LogP contribution in [0.4, 0.5) is 11.5 Å². The van der Waals surface area contributed by atoms with Gasteiger partial charge in [-0.25, -0.2) is 4.68 Å². The molecule has 0 aliphatic heterocycles. The van der Waals surface area contributed by atoms with Crippen LogP contribution < -0.4 is 5.32 Å². The Bertz CT molecular complexity index is 507. The van der Waals surface area contributed by atoms with Gasteiger partial charge in [0.2, 0.25) is 5.82 Å². The second-order valence-electron chi connectivity index (χ2n) is 6.53. The molecule has 0 saturated heterocycles. The molecule has 2 N–H and O–H groups in total. The molecule has 1 aromatic rings. The fourth-order valence-electron chi connectivity index (χ4n) is 2.52. The first-order chi connectivity index (χ1) is 9.55. The van der Waals surface area contributed by atoms with E-state index in [9.17, 15) is 15.2 Å². The van der Waals surface area contributed by atoms with Gasteiger partial charge in [0.25, 0.3) is 0 Å². The first-order valence-electron chi connectivity index (χ1n) is 7.25. The Balaban J connectivity index is 3.04. The van der Waals surface area contributed by atoms with Crippen LogP contribution in [0.2, 0.25) is 0 Å². The number of rotatable bonds is 7. The van der Waals surface area contributed by atoms with Gasteiger partial charge in [-0.05, 0) is 40.0 Å². The van der Waals surface area contributed by atoms with Gasteiger partial charge in [-0.3, -0.25) is 10.1 Å². The maximum atomic E-state index is 11.2. The second-order valence-corrected chi connectivity index (χ2v) is 6.53. The summed E-state index contributed by atoms with van der Waals surface area (Å²) in [4.78, 5) is 10.8. The zero-order valence-electron chi connectivity index (χ0n) is 13.7. The van der Waals surface area contributed by atoms with Crippen LogP contribution in [-0.2, 0) is 0 Å². The summed E-state index contributed by atoms with van der Waals surface area (Å²) >= 11 is 0. The fraction of sp³-hybridized carbons (Fsp3) is 0.786. The summed E-state index contributed by atoms with van der Waals surface area (Å²) in [6.07, 6.45) is 0.614. The lowest BCUT2D eigenvalue weighted by Gasteiger charge is -2.26. The standard InChI is InChI=1S/C14H26N4O3/c1-9(2)7-14(6,19)8-15-13-12(18(20)21)11(5)16-17(13)10(3)4/h9-10,15,19H,7-8H2,1-6H3. The number of aliphatic hydroxyl groups is 1. The van der Waals surface area contributed by atoms with E-state index in [1.54, 1.807) is 18.5 Å². The van der Waals surface area contributed by atoms with Crippen molar-refractivity contribution in [3.63, 3.8) is 0 Å². The van der Waals surface area contributed by atoms with Crippen molar-refractivity contribution >= 4 is 11.5 Å². The molecule has 120 valence electrons. The van der Waals surface area contributed by atoms with E-state index in [2.05, 4.69) is 10.4 Å². The number of hydrogen-bond acceptors (Lipinski definition) is 5. The average molecular weight is 298 g/mol. The van der Waals surface area contributed by atoms with Crippen molar-refractivity contribution in [3.05, 3.63) is 15.8 Å². The quantitative estimate of drug-likeness (QED) is 0.596. The number of nitrogens with one attached hydrogen (secondary N) is 1. The summed E-state index contributed by atoms with van der Waals surface area (Å²) in [5.74, 6) is 0.699. The monoisotopic (exact) mass is 298 g/mol. The largest absolute Gasteiger partial charge is 0.388 e. The van der Waals surface area contributed by atoms with Crippen LogP contribution in [0.15, 0.2) is 0 Å². The Labute approximate surface area is 125 Å². The molecule has 0 saturated carbocycles. The smallest absolute Gasteiger partial charge is 0.333 e. The third-order valence-corrected chi connectivity index (χ3v) is 3.21. The average Bonchev–Trinajstić information content (AvgIpc) is 2.62. The van der Waals surface area contributed by atoms with E-state index in [1.165, 1.54) is 0 Å². The zero-order chi connectivity index (χ0) is 16.4. The van der Waals surface area contributed by atoms with Crippen molar-refractivity contribution in [2.75, 3.05) is 11.9 Å². The number of aryl methyl sites for hydroxylation is 1. The molecule has 0 spiro atoms. The molecule has 0 aromatic carbocycles. The van der Waals surface area contributed by atoms with Gasteiger partial charge < -0.3 is 10.4 Å². The normalized spacial score (nSPS) is 14.5.